The molecule has 1 heterocycles. The van der Waals surface area contributed by atoms with Crippen LogP contribution < -0.4 is 14.8 Å². The standard InChI is InChI=1S/C16H19F2N3O3/c1-9-5-6-13(23-4)11(7-9)10(2)19-15(22)12-8-14(21(3)20-12)24-16(17)18/h5-8,10,16H,1-4H3,(H,19,22)/t10-/m0/s1. The van der Waals surface area contributed by atoms with E-state index in [2.05, 4.69) is 15.2 Å². The highest BCUT2D eigenvalue weighted by molar-refractivity contribution is 5.92. The highest BCUT2D eigenvalue weighted by Crippen LogP contribution is 2.26. The molecule has 6 nitrogen and oxygen atoms in total. The second kappa shape index (κ2) is 7.29. The number of hydrogen-bond donors (Lipinski definition) is 1. The first-order valence-electron chi connectivity index (χ1n) is 7.26. The van der Waals surface area contributed by atoms with Crippen molar-refractivity contribution < 1.29 is 23.0 Å². The maximum atomic E-state index is 12.3. The summed E-state index contributed by atoms with van der Waals surface area (Å²) in [5.74, 6) is -0.0298. The Hall–Kier alpha value is -2.64. The molecule has 0 unspecified atom stereocenters. The minimum Gasteiger partial charge on any atom is -0.496 e. The molecule has 1 N–H and O–H groups in total. The van der Waals surface area contributed by atoms with E-state index in [9.17, 15) is 13.6 Å². The fourth-order valence-corrected chi connectivity index (χ4v) is 2.30. The number of aromatic nitrogens is 2. The van der Waals surface area contributed by atoms with Gasteiger partial charge in [0.1, 0.15) is 5.75 Å². The maximum absolute atomic E-state index is 12.3. The number of nitrogens with zero attached hydrogens (tertiary/aromatic N) is 2. The predicted octanol–water partition coefficient (Wildman–Crippen LogP) is 2.83. The maximum Gasteiger partial charge on any atom is 0.388 e. The Morgan fingerprint density at radius 1 is 1.33 bits per heavy atom. The van der Waals surface area contributed by atoms with Crippen LogP contribution in [0.25, 0.3) is 0 Å². The van der Waals surface area contributed by atoms with Gasteiger partial charge in [-0.15, -0.1) is 0 Å². The fourth-order valence-electron chi connectivity index (χ4n) is 2.30. The largest absolute Gasteiger partial charge is 0.496 e. The number of nitrogens with one attached hydrogen (secondary N) is 1. The van der Waals surface area contributed by atoms with Crippen molar-refractivity contribution in [1.82, 2.24) is 15.1 Å². The molecule has 24 heavy (non-hydrogen) atoms. The molecule has 1 amide bonds. The molecule has 1 aromatic heterocycles. The van der Waals surface area contributed by atoms with Gasteiger partial charge in [-0.3, -0.25) is 4.79 Å². The minimum atomic E-state index is -2.98. The first-order chi connectivity index (χ1) is 11.3. The SMILES string of the molecule is COc1ccc(C)cc1[C@H](C)NC(=O)c1cc(OC(F)F)n(C)n1. The molecule has 0 radical (unpaired) electrons. The first-order valence-corrected chi connectivity index (χ1v) is 7.26. The van der Waals surface area contributed by atoms with Crippen molar-refractivity contribution >= 4 is 5.91 Å². The molecule has 0 aliphatic rings. The summed E-state index contributed by atoms with van der Waals surface area (Å²) in [7, 11) is 2.97. The van der Waals surface area contributed by atoms with E-state index in [1.807, 2.05) is 25.1 Å². The topological polar surface area (TPSA) is 65.4 Å². The Bertz CT molecular complexity index is 731. The van der Waals surface area contributed by atoms with Crippen LogP contribution in [0, 0.1) is 6.92 Å². The van der Waals surface area contributed by atoms with Crippen LogP contribution in [-0.4, -0.2) is 29.4 Å². The molecular formula is C16H19F2N3O3. The van der Waals surface area contributed by atoms with Crippen molar-refractivity contribution in [2.75, 3.05) is 7.11 Å². The summed E-state index contributed by atoms with van der Waals surface area (Å²) in [6.45, 7) is 0.755. The van der Waals surface area contributed by atoms with E-state index in [0.29, 0.717) is 5.75 Å². The fraction of sp³-hybridized carbons (Fsp3) is 0.375. The first kappa shape index (κ1) is 17.7. The number of halogens is 2. The van der Waals surface area contributed by atoms with E-state index in [1.54, 1.807) is 14.0 Å². The summed E-state index contributed by atoms with van der Waals surface area (Å²) in [5.41, 5.74) is 1.83. The summed E-state index contributed by atoms with van der Waals surface area (Å²) in [5, 5.41) is 6.66. The second-order valence-electron chi connectivity index (χ2n) is 5.31. The highest BCUT2D eigenvalue weighted by Gasteiger charge is 2.20. The van der Waals surface area contributed by atoms with Gasteiger partial charge in [-0.05, 0) is 19.9 Å². The Morgan fingerprint density at radius 2 is 2.04 bits per heavy atom. The summed E-state index contributed by atoms with van der Waals surface area (Å²) in [6, 6.07) is 6.45. The number of benzene rings is 1. The Kier molecular flexibility index (Phi) is 5.38. The quantitative estimate of drug-likeness (QED) is 0.879. The van der Waals surface area contributed by atoms with Crippen LogP contribution in [0.3, 0.4) is 0 Å². The second-order valence-corrected chi connectivity index (χ2v) is 5.31. The summed E-state index contributed by atoms with van der Waals surface area (Å²) < 4.78 is 35.2. The lowest BCUT2D eigenvalue weighted by Gasteiger charge is -2.17. The van der Waals surface area contributed by atoms with Crippen molar-refractivity contribution in [3.63, 3.8) is 0 Å². The molecule has 0 spiro atoms. The zero-order valence-electron chi connectivity index (χ0n) is 13.8. The molecule has 130 valence electrons. The number of methoxy groups -OCH3 is 1. The van der Waals surface area contributed by atoms with E-state index in [1.165, 1.54) is 13.1 Å². The highest BCUT2D eigenvalue weighted by atomic mass is 19.3. The molecule has 0 fully saturated rings. The normalized spacial score (nSPS) is 12.1. The number of aryl methyl sites for hydroxylation is 2. The number of ether oxygens (including phenoxy) is 2. The number of amides is 1. The molecule has 0 aliphatic heterocycles. The minimum absolute atomic E-state index is 0.00776. The van der Waals surface area contributed by atoms with E-state index >= 15 is 0 Å². The molecular weight excluding hydrogens is 320 g/mol. The molecule has 0 saturated carbocycles. The van der Waals surface area contributed by atoms with Crippen molar-refractivity contribution in [3.05, 3.63) is 41.1 Å². The van der Waals surface area contributed by atoms with Gasteiger partial charge in [0.05, 0.1) is 13.2 Å². The lowest BCUT2D eigenvalue weighted by atomic mass is 10.0. The lowest BCUT2D eigenvalue weighted by Crippen LogP contribution is -2.27. The van der Waals surface area contributed by atoms with Crippen molar-refractivity contribution in [1.29, 1.82) is 0 Å². The van der Waals surface area contributed by atoms with Gasteiger partial charge < -0.3 is 14.8 Å². The van der Waals surface area contributed by atoms with Crippen molar-refractivity contribution in [3.8, 4) is 11.6 Å². The van der Waals surface area contributed by atoms with Gasteiger partial charge in [-0.25, -0.2) is 4.68 Å². The monoisotopic (exact) mass is 339 g/mol. The van der Waals surface area contributed by atoms with Crippen LogP contribution in [0.1, 0.15) is 34.6 Å². The number of hydrogen-bond acceptors (Lipinski definition) is 4. The van der Waals surface area contributed by atoms with Crippen LogP contribution in [0.2, 0.25) is 0 Å². The molecule has 0 bridgehead atoms. The van der Waals surface area contributed by atoms with Crippen molar-refractivity contribution in [2.45, 2.75) is 26.5 Å². The van der Waals surface area contributed by atoms with E-state index in [0.717, 1.165) is 15.8 Å². The van der Waals surface area contributed by atoms with Gasteiger partial charge in [0, 0.05) is 18.7 Å². The molecule has 0 aliphatic carbocycles. The van der Waals surface area contributed by atoms with Gasteiger partial charge >= 0.3 is 6.61 Å². The van der Waals surface area contributed by atoms with E-state index < -0.39 is 12.5 Å². The van der Waals surface area contributed by atoms with Gasteiger partial charge in [-0.2, -0.15) is 13.9 Å². The Morgan fingerprint density at radius 3 is 2.67 bits per heavy atom. The van der Waals surface area contributed by atoms with E-state index in [4.69, 9.17) is 4.74 Å². The zero-order valence-corrected chi connectivity index (χ0v) is 13.8. The predicted molar refractivity (Wildman–Crippen MR) is 83.5 cm³/mol. The van der Waals surface area contributed by atoms with Crippen molar-refractivity contribution in [2.24, 2.45) is 7.05 Å². The van der Waals surface area contributed by atoms with Gasteiger partial charge in [-0.1, -0.05) is 17.7 Å². The third-order valence-corrected chi connectivity index (χ3v) is 3.48. The third kappa shape index (κ3) is 4.01. The van der Waals surface area contributed by atoms with Crippen LogP contribution in [0.4, 0.5) is 8.78 Å². The summed E-state index contributed by atoms with van der Waals surface area (Å²) in [4.78, 5) is 12.3. The van der Waals surface area contributed by atoms with Gasteiger partial charge in [0.25, 0.3) is 5.91 Å². The average molecular weight is 339 g/mol. The molecule has 0 saturated heterocycles. The van der Waals surface area contributed by atoms with Crippen LogP contribution in [0.5, 0.6) is 11.6 Å². The number of carbonyl (C=O) groups is 1. The van der Waals surface area contributed by atoms with Crippen LogP contribution in [0.15, 0.2) is 24.3 Å². The summed E-state index contributed by atoms with van der Waals surface area (Å²) in [6.07, 6.45) is 0. The number of carbonyl (C=O) groups excluding carboxylic acids is 1. The molecule has 2 rings (SSSR count). The molecule has 8 heteroatoms. The number of rotatable bonds is 6. The van der Waals surface area contributed by atoms with Crippen LogP contribution in [-0.2, 0) is 7.05 Å². The number of alkyl halides is 2. The van der Waals surface area contributed by atoms with E-state index in [-0.39, 0.29) is 17.6 Å². The average Bonchev–Trinajstić information content (AvgIpc) is 2.87. The molecule has 1 aromatic carbocycles. The summed E-state index contributed by atoms with van der Waals surface area (Å²) >= 11 is 0. The van der Waals surface area contributed by atoms with Gasteiger partial charge in [0.15, 0.2) is 5.69 Å². The molecule has 1 atom stereocenters. The Labute approximate surface area is 138 Å². The van der Waals surface area contributed by atoms with Crippen LogP contribution >= 0.6 is 0 Å². The Balaban J connectivity index is 2.16. The van der Waals surface area contributed by atoms with Gasteiger partial charge in [0.2, 0.25) is 5.88 Å². The smallest absolute Gasteiger partial charge is 0.388 e. The lowest BCUT2D eigenvalue weighted by molar-refractivity contribution is -0.0553. The molecule has 2 aromatic rings. The zero-order chi connectivity index (χ0) is 17.9. The third-order valence-electron chi connectivity index (χ3n) is 3.48.